The van der Waals surface area contributed by atoms with Crippen molar-refractivity contribution >= 4 is 17.6 Å². The Kier molecular flexibility index (Phi) is 5.84. The Labute approximate surface area is 137 Å². The molecule has 1 atom stereocenters. The number of carbonyl (C=O) groups is 2. The van der Waals surface area contributed by atoms with Crippen LogP contribution in [0, 0.1) is 5.92 Å². The van der Waals surface area contributed by atoms with Gasteiger partial charge in [0.25, 0.3) is 0 Å². The van der Waals surface area contributed by atoms with Gasteiger partial charge in [0.1, 0.15) is 5.75 Å². The highest BCUT2D eigenvalue weighted by molar-refractivity contribution is 5.93. The quantitative estimate of drug-likeness (QED) is 0.927. The summed E-state index contributed by atoms with van der Waals surface area (Å²) < 4.78 is 5.38. The molecule has 1 N–H and O–H groups in total. The van der Waals surface area contributed by atoms with Crippen molar-refractivity contribution in [3.63, 3.8) is 0 Å². The molecule has 3 amide bonds. The van der Waals surface area contributed by atoms with Gasteiger partial charge in [-0.25, -0.2) is 4.79 Å². The number of hydrogen-bond donors (Lipinski definition) is 1. The summed E-state index contributed by atoms with van der Waals surface area (Å²) in [6.07, 6.45) is 1.65. The first-order valence-corrected chi connectivity index (χ1v) is 8.01. The van der Waals surface area contributed by atoms with Crippen LogP contribution in [-0.4, -0.2) is 55.5 Å². The maximum atomic E-state index is 12.4. The summed E-state index contributed by atoms with van der Waals surface area (Å²) in [5.74, 6) is 0.579. The molecule has 1 saturated heterocycles. The number of urea groups is 1. The largest absolute Gasteiger partial charge is 0.494 e. The second-order valence-corrected chi connectivity index (χ2v) is 5.91. The van der Waals surface area contributed by atoms with E-state index in [0.717, 1.165) is 24.3 Å². The Balaban J connectivity index is 1.93. The highest BCUT2D eigenvalue weighted by atomic mass is 16.5. The van der Waals surface area contributed by atoms with Crippen LogP contribution in [0.3, 0.4) is 0 Å². The Morgan fingerprint density at radius 3 is 2.61 bits per heavy atom. The van der Waals surface area contributed by atoms with Gasteiger partial charge in [0.05, 0.1) is 12.5 Å². The van der Waals surface area contributed by atoms with E-state index in [1.807, 2.05) is 31.2 Å². The molecule has 6 nitrogen and oxygen atoms in total. The molecule has 2 rings (SSSR count). The molecule has 0 bridgehead atoms. The normalized spacial score (nSPS) is 17.5. The molecule has 1 aliphatic heterocycles. The zero-order valence-electron chi connectivity index (χ0n) is 14.0. The second kappa shape index (κ2) is 7.85. The highest BCUT2D eigenvalue weighted by Gasteiger charge is 2.29. The summed E-state index contributed by atoms with van der Waals surface area (Å²) in [5, 5.41) is 2.92. The number of ether oxygens (including phenoxy) is 1. The molecule has 0 spiro atoms. The van der Waals surface area contributed by atoms with E-state index in [9.17, 15) is 9.59 Å². The number of hydrogen-bond acceptors (Lipinski definition) is 3. The smallest absolute Gasteiger partial charge is 0.319 e. The molecule has 1 aromatic rings. The van der Waals surface area contributed by atoms with E-state index in [0.29, 0.717) is 19.7 Å². The molecule has 0 radical (unpaired) electrons. The molecule has 1 aromatic carbocycles. The van der Waals surface area contributed by atoms with Crippen molar-refractivity contribution in [3.8, 4) is 5.75 Å². The SMILES string of the molecule is CCOc1ccc(NC(=O)[C@@H]2CCCN(C(=O)N(C)C)C2)cc1. The third-order valence-electron chi connectivity index (χ3n) is 3.88. The van der Waals surface area contributed by atoms with E-state index in [-0.39, 0.29) is 17.9 Å². The van der Waals surface area contributed by atoms with Crippen LogP contribution in [0.1, 0.15) is 19.8 Å². The van der Waals surface area contributed by atoms with E-state index in [2.05, 4.69) is 5.32 Å². The first-order chi connectivity index (χ1) is 11.0. The number of rotatable bonds is 4. The van der Waals surface area contributed by atoms with E-state index in [1.54, 1.807) is 23.9 Å². The van der Waals surface area contributed by atoms with Crippen LogP contribution >= 0.6 is 0 Å². The summed E-state index contributed by atoms with van der Waals surface area (Å²) in [6.45, 7) is 3.73. The van der Waals surface area contributed by atoms with Crippen molar-refractivity contribution in [2.75, 3.05) is 39.1 Å². The summed E-state index contributed by atoms with van der Waals surface area (Å²) in [5.41, 5.74) is 0.745. The monoisotopic (exact) mass is 319 g/mol. The molecule has 1 fully saturated rings. The minimum atomic E-state index is -0.167. The lowest BCUT2D eigenvalue weighted by Crippen LogP contribution is -2.47. The molecule has 23 heavy (non-hydrogen) atoms. The number of carbonyl (C=O) groups excluding carboxylic acids is 2. The van der Waals surface area contributed by atoms with Crippen molar-refractivity contribution in [1.29, 1.82) is 0 Å². The van der Waals surface area contributed by atoms with Crippen LogP contribution < -0.4 is 10.1 Å². The van der Waals surface area contributed by atoms with E-state index >= 15 is 0 Å². The van der Waals surface area contributed by atoms with Gasteiger partial charge < -0.3 is 19.9 Å². The van der Waals surface area contributed by atoms with Gasteiger partial charge in [-0.1, -0.05) is 0 Å². The lowest BCUT2D eigenvalue weighted by Gasteiger charge is -2.33. The first kappa shape index (κ1) is 17.1. The minimum absolute atomic E-state index is 0.0367. The molecule has 0 aromatic heterocycles. The highest BCUT2D eigenvalue weighted by Crippen LogP contribution is 2.21. The van der Waals surface area contributed by atoms with Gasteiger partial charge in [-0.2, -0.15) is 0 Å². The lowest BCUT2D eigenvalue weighted by molar-refractivity contribution is -0.121. The predicted octanol–water partition coefficient (Wildman–Crippen LogP) is 2.42. The molecular formula is C17H25N3O3. The molecule has 6 heteroatoms. The van der Waals surface area contributed by atoms with Gasteiger partial charge in [-0.3, -0.25) is 4.79 Å². The fourth-order valence-electron chi connectivity index (χ4n) is 2.69. The molecule has 1 aliphatic rings. The number of benzene rings is 1. The number of anilines is 1. The van der Waals surface area contributed by atoms with Crippen molar-refractivity contribution in [3.05, 3.63) is 24.3 Å². The van der Waals surface area contributed by atoms with Crippen molar-refractivity contribution in [2.24, 2.45) is 5.92 Å². The van der Waals surface area contributed by atoms with Crippen LogP contribution in [0.4, 0.5) is 10.5 Å². The standard InChI is InChI=1S/C17H25N3O3/c1-4-23-15-9-7-14(8-10-15)18-16(21)13-6-5-11-20(12-13)17(22)19(2)3/h7-10,13H,4-6,11-12H2,1-3H3,(H,18,21)/t13-/m1/s1. The van der Waals surface area contributed by atoms with Gasteiger partial charge in [-0.15, -0.1) is 0 Å². The molecule has 0 unspecified atom stereocenters. The molecule has 0 saturated carbocycles. The third-order valence-corrected chi connectivity index (χ3v) is 3.88. The van der Waals surface area contributed by atoms with Crippen LogP contribution in [0.25, 0.3) is 0 Å². The van der Waals surface area contributed by atoms with Crippen molar-refractivity contribution in [2.45, 2.75) is 19.8 Å². The topological polar surface area (TPSA) is 61.9 Å². The first-order valence-electron chi connectivity index (χ1n) is 8.01. The van der Waals surface area contributed by atoms with Gasteiger partial charge in [0.2, 0.25) is 5.91 Å². The van der Waals surface area contributed by atoms with E-state index in [4.69, 9.17) is 4.74 Å². The fourth-order valence-corrected chi connectivity index (χ4v) is 2.69. The van der Waals surface area contributed by atoms with Crippen molar-refractivity contribution in [1.82, 2.24) is 9.80 Å². The zero-order valence-corrected chi connectivity index (χ0v) is 14.0. The zero-order chi connectivity index (χ0) is 16.8. The number of nitrogens with zero attached hydrogens (tertiary/aromatic N) is 2. The number of piperidine rings is 1. The van der Waals surface area contributed by atoms with E-state index < -0.39 is 0 Å². The third kappa shape index (κ3) is 4.61. The Hall–Kier alpha value is -2.24. The van der Waals surface area contributed by atoms with Crippen LogP contribution in [0.5, 0.6) is 5.75 Å². The Morgan fingerprint density at radius 2 is 2.00 bits per heavy atom. The Bertz CT molecular complexity index is 543. The summed E-state index contributed by atoms with van der Waals surface area (Å²) >= 11 is 0. The average molecular weight is 319 g/mol. The summed E-state index contributed by atoms with van der Waals surface area (Å²) in [4.78, 5) is 27.7. The van der Waals surface area contributed by atoms with Crippen LogP contribution in [0.15, 0.2) is 24.3 Å². The summed E-state index contributed by atoms with van der Waals surface area (Å²) in [7, 11) is 3.46. The second-order valence-electron chi connectivity index (χ2n) is 5.91. The average Bonchev–Trinajstić information content (AvgIpc) is 2.56. The van der Waals surface area contributed by atoms with Gasteiger partial charge in [0.15, 0.2) is 0 Å². The van der Waals surface area contributed by atoms with Crippen LogP contribution in [0.2, 0.25) is 0 Å². The Morgan fingerprint density at radius 1 is 1.30 bits per heavy atom. The number of likely N-dealkylation sites (tertiary alicyclic amines) is 1. The van der Waals surface area contributed by atoms with Gasteiger partial charge >= 0.3 is 6.03 Å². The van der Waals surface area contributed by atoms with Gasteiger partial charge in [0, 0.05) is 32.9 Å². The number of nitrogens with one attached hydrogen (secondary N) is 1. The number of amides is 3. The maximum absolute atomic E-state index is 12.4. The lowest BCUT2D eigenvalue weighted by atomic mass is 9.97. The molecular weight excluding hydrogens is 294 g/mol. The molecule has 0 aliphatic carbocycles. The van der Waals surface area contributed by atoms with Crippen LogP contribution in [-0.2, 0) is 4.79 Å². The van der Waals surface area contributed by atoms with E-state index in [1.165, 1.54) is 0 Å². The fraction of sp³-hybridized carbons (Fsp3) is 0.529. The summed E-state index contributed by atoms with van der Waals surface area (Å²) in [6, 6.07) is 7.29. The maximum Gasteiger partial charge on any atom is 0.319 e. The van der Waals surface area contributed by atoms with Crippen molar-refractivity contribution < 1.29 is 14.3 Å². The van der Waals surface area contributed by atoms with Gasteiger partial charge in [-0.05, 0) is 44.0 Å². The molecule has 126 valence electrons. The molecule has 1 heterocycles. The predicted molar refractivity (Wildman–Crippen MR) is 89.6 cm³/mol. The minimum Gasteiger partial charge on any atom is -0.494 e.